The molecule has 2 N–H and O–H groups in total. The average Bonchev–Trinajstić information content (AvgIpc) is 3.18. The second kappa shape index (κ2) is 9.58. The van der Waals surface area contributed by atoms with Crippen LogP contribution in [0.5, 0.6) is 0 Å². The van der Waals surface area contributed by atoms with Gasteiger partial charge in [0.05, 0.1) is 21.7 Å². The number of carboxylic acids is 1. The Morgan fingerprint density at radius 3 is 2.29 bits per heavy atom. The number of rotatable bonds is 8. The van der Waals surface area contributed by atoms with E-state index in [9.17, 15) is 4.79 Å². The summed E-state index contributed by atoms with van der Waals surface area (Å²) in [6.45, 7) is 0. The molecule has 0 atom stereocenters. The molecular formula is C25H23ClN2O2S. The maximum atomic E-state index is 10.7. The van der Waals surface area contributed by atoms with Gasteiger partial charge in [-0.25, -0.2) is 4.98 Å². The summed E-state index contributed by atoms with van der Waals surface area (Å²) in [5.74, 6) is -0.752. The zero-order valence-electron chi connectivity index (χ0n) is 17.2. The lowest BCUT2D eigenvalue weighted by atomic mass is 10.0. The van der Waals surface area contributed by atoms with Crippen molar-refractivity contribution in [3.05, 3.63) is 71.4 Å². The highest BCUT2D eigenvalue weighted by atomic mass is 35.5. The molecule has 6 heteroatoms. The van der Waals surface area contributed by atoms with E-state index in [2.05, 4.69) is 59.8 Å². The predicted molar refractivity (Wildman–Crippen MR) is 129 cm³/mol. The first-order valence-corrected chi connectivity index (χ1v) is 11.8. The molecule has 0 radical (unpaired) electrons. The quantitative estimate of drug-likeness (QED) is 0.222. The Hall–Kier alpha value is -2.76. The highest BCUT2D eigenvalue weighted by Gasteiger charge is 2.11. The van der Waals surface area contributed by atoms with Gasteiger partial charge in [-0.3, -0.25) is 4.79 Å². The largest absolute Gasteiger partial charge is 0.481 e. The molecule has 31 heavy (non-hydrogen) atoms. The van der Waals surface area contributed by atoms with Crippen molar-refractivity contribution < 1.29 is 9.90 Å². The lowest BCUT2D eigenvalue weighted by Crippen LogP contribution is -1.94. The van der Waals surface area contributed by atoms with Crippen LogP contribution in [0, 0.1) is 0 Å². The Morgan fingerprint density at radius 1 is 1.00 bits per heavy atom. The summed E-state index contributed by atoms with van der Waals surface area (Å²) in [7, 11) is 0. The number of thioether (sulfide) groups is 1. The molecule has 0 spiro atoms. The predicted octanol–water partition coefficient (Wildman–Crippen LogP) is 7.07. The smallest absolute Gasteiger partial charge is 0.303 e. The van der Waals surface area contributed by atoms with Crippen molar-refractivity contribution in [2.75, 3.05) is 6.26 Å². The summed E-state index contributed by atoms with van der Waals surface area (Å²) in [5, 5.41) is 9.36. The highest BCUT2D eigenvalue weighted by molar-refractivity contribution is 7.98. The van der Waals surface area contributed by atoms with Crippen molar-refractivity contribution in [2.24, 2.45) is 0 Å². The summed E-state index contributed by atoms with van der Waals surface area (Å²) in [4.78, 5) is 20.0. The summed E-state index contributed by atoms with van der Waals surface area (Å²) in [6, 6.07) is 20.8. The molecule has 0 aliphatic carbocycles. The van der Waals surface area contributed by atoms with Gasteiger partial charge >= 0.3 is 5.97 Å². The Morgan fingerprint density at radius 2 is 1.65 bits per heavy atom. The molecule has 0 aliphatic rings. The number of benzene rings is 2. The van der Waals surface area contributed by atoms with Gasteiger partial charge in [0.2, 0.25) is 0 Å². The number of fused-ring (bicyclic) bond motifs is 1. The second-order valence-corrected chi connectivity index (χ2v) is 8.74. The van der Waals surface area contributed by atoms with E-state index < -0.39 is 5.97 Å². The number of hydrogen-bond donors (Lipinski definition) is 2. The number of pyridine rings is 1. The maximum absolute atomic E-state index is 10.7. The Kier molecular flexibility index (Phi) is 6.64. The third-order valence-corrected chi connectivity index (χ3v) is 6.31. The summed E-state index contributed by atoms with van der Waals surface area (Å²) in [6.07, 6.45) is 4.55. The first-order chi connectivity index (χ1) is 15.0. The van der Waals surface area contributed by atoms with Crippen molar-refractivity contribution in [1.29, 1.82) is 0 Å². The molecule has 2 aromatic heterocycles. The zero-order chi connectivity index (χ0) is 21.8. The minimum Gasteiger partial charge on any atom is -0.481 e. The standard InChI is InChI=1S/C25H23ClN2O2S/c1-31-20-12-10-17(11-13-20)16-6-8-18(9-7-16)25-21(26)15-23-22(28-25)14-19(27-23)4-2-3-5-24(29)30/h6-15,27H,2-5H2,1H3,(H,29,30). The SMILES string of the molecule is CSc1ccc(-c2ccc(-c3nc4cc(CCCCC(=O)O)[nH]c4cc3Cl)cc2)cc1. The molecule has 0 bridgehead atoms. The number of hydrogen-bond acceptors (Lipinski definition) is 3. The minimum absolute atomic E-state index is 0.201. The van der Waals surface area contributed by atoms with Crippen molar-refractivity contribution in [3.63, 3.8) is 0 Å². The minimum atomic E-state index is -0.752. The molecule has 2 aromatic carbocycles. The molecule has 0 saturated heterocycles. The fourth-order valence-corrected chi connectivity index (χ4v) is 4.29. The zero-order valence-corrected chi connectivity index (χ0v) is 18.8. The number of aryl methyl sites for hydroxylation is 1. The first kappa shape index (κ1) is 21.5. The van der Waals surface area contributed by atoms with Crippen LogP contribution in [0.4, 0.5) is 0 Å². The molecule has 4 rings (SSSR count). The number of unbranched alkanes of at least 4 members (excludes halogenated alkanes) is 1. The molecule has 0 saturated carbocycles. The van der Waals surface area contributed by atoms with Crippen LogP contribution < -0.4 is 0 Å². The van der Waals surface area contributed by atoms with Gasteiger partial charge in [-0.2, -0.15) is 0 Å². The van der Waals surface area contributed by atoms with Crippen LogP contribution in [0.1, 0.15) is 25.0 Å². The van der Waals surface area contributed by atoms with E-state index in [1.807, 2.05) is 12.1 Å². The van der Waals surface area contributed by atoms with Crippen LogP contribution in [-0.4, -0.2) is 27.3 Å². The molecule has 4 aromatic rings. The second-order valence-electron chi connectivity index (χ2n) is 7.45. The van der Waals surface area contributed by atoms with Gasteiger partial charge in [-0.1, -0.05) is 48.0 Å². The number of halogens is 1. The van der Waals surface area contributed by atoms with Gasteiger partial charge in [-0.05, 0) is 60.9 Å². The Bertz CT molecular complexity index is 1200. The van der Waals surface area contributed by atoms with Crippen molar-refractivity contribution >= 4 is 40.4 Å². The van der Waals surface area contributed by atoms with E-state index in [0.29, 0.717) is 11.4 Å². The molecule has 0 amide bonds. The number of nitrogens with zero attached hydrogens (tertiary/aromatic N) is 1. The number of H-pyrrole nitrogens is 1. The molecule has 0 unspecified atom stereocenters. The third-order valence-electron chi connectivity index (χ3n) is 5.28. The maximum Gasteiger partial charge on any atom is 0.303 e. The lowest BCUT2D eigenvalue weighted by Gasteiger charge is -2.07. The molecule has 0 aliphatic heterocycles. The first-order valence-electron chi connectivity index (χ1n) is 10.2. The molecule has 2 heterocycles. The summed E-state index contributed by atoms with van der Waals surface area (Å²) < 4.78 is 0. The Balaban J connectivity index is 1.54. The number of aromatic amines is 1. The van der Waals surface area contributed by atoms with Crippen molar-refractivity contribution in [1.82, 2.24) is 9.97 Å². The van der Waals surface area contributed by atoms with E-state index in [1.54, 1.807) is 11.8 Å². The van der Waals surface area contributed by atoms with E-state index in [0.717, 1.165) is 46.4 Å². The number of aliphatic carboxylic acids is 1. The van der Waals surface area contributed by atoms with Gasteiger partial charge in [0.25, 0.3) is 0 Å². The lowest BCUT2D eigenvalue weighted by molar-refractivity contribution is -0.137. The normalized spacial score (nSPS) is 11.2. The van der Waals surface area contributed by atoms with Crippen LogP contribution in [0.15, 0.2) is 65.6 Å². The van der Waals surface area contributed by atoms with E-state index in [4.69, 9.17) is 21.7 Å². The van der Waals surface area contributed by atoms with Crippen LogP contribution in [0.25, 0.3) is 33.4 Å². The number of carboxylic acid groups (broad SMARTS) is 1. The van der Waals surface area contributed by atoms with E-state index in [1.165, 1.54) is 10.5 Å². The van der Waals surface area contributed by atoms with E-state index >= 15 is 0 Å². The molecule has 0 fully saturated rings. The molecular weight excluding hydrogens is 428 g/mol. The summed E-state index contributed by atoms with van der Waals surface area (Å²) in [5.41, 5.74) is 6.87. The van der Waals surface area contributed by atoms with Gasteiger partial charge in [0.15, 0.2) is 0 Å². The fourth-order valence-electron chi connectivity index (χ4n) is 3.62. The van der Waals surface area contributed by atoms with Gasteiger partial charge in [-0.15, -0.1) is 11.8 Å². The molecule has 4 nitrogen and oxygen atoms in total. The Labute approximate surface area is 190 Å². The highest BCUT2D eigenvalue weighted by Crippen LogP contribution is 2.31. The van der Waals surface area contributed by atoms with Crippen LogP contribution in [0.3, 0.4) is 0 Å². The van der Waals surface area contributed by atoms with Crippen molar-refractivity contribution in [3.8, 4) is 22.4 Å². The fraction of sp³-hybridized carbons (Fsp3) is 0.200. The van der Waals surface area contributed by atoms with Crippen LogP contribution in [-0.2, 0) is 11.2 Å². The molecule has 158 valence electrons. The van der Waals surface area contributed by atoms with Crippen LogP contribution in [0.2, 0.25) is 5.02 Å². The monoisotopic (exact) mass is 450 g/mol. The topological polar surface area (TPSA) is 66.0 Å². The number of carbonyl (C=O) groups is 1. The summed E-state index contributed by atoms with van der Waals surface area (Å²) >= 11 is 8.28. The van der Waals surface area contributed by atoms with Crippen LogP contribution >= 0.6 is 23.4 Å². The number of nitrogens with one attached hydrogen (secondary N) is 1. The van der Waals surface area contributed by atoms with Gasteiger partial charge < -0.3 is 10.1 Å². The van der Waals surface area contributed by atoms with Gasteiger partial charge in [0, 0.05) is 22.6 Å². The van der Waals surface area contributed by atoms with Gasteiger partial charge in [0.1, 0.15) is 0 Å². The van der Waals surface area contributed by atoms with Crippen molar-refractivity contribution in [2.45, 2.75) is 30.6 Å². The average molecular weight is 451 g/mol. The number of aromatic nitrogens is 2. The van der Waals surface area contributed by atoms with E-state index in [-0.39, 0.29) is 6.42 Å². The third kappa shape index (κ3) is 5.12.